The molecule has 1 heterocycles. The number of nitrogens with one attached hydrogen (secondary N) is 1. The smallest absolute Gasteiger partial charge is 0.324 e. The number of ether oxygens (including phenoxy) is 1. The van der Waals surface area contributed by atoms with Crippen LogP contribution in [0, 0.1) is 0 Å². The van der Waals surface area contributed by atoms with Gasteiger partial charge in [-0.2, -0.15) is 0 Å². The van der Waals surface area contributed by atoms with Gasteiger partial charge in [0.1, 0.15) is 0 Å². The van der Waals surface area contributed by atoms with Gasteiger partial charge in [0.25, 0.3) is 0 Å². The quantitative estimate of drug-likeness (QED) is 0.712. The fourth-order valence-corrected chi connectivity index (χ4v) is 1.21. The van der Waals surface area contributed by atoms with Gasteiger partial charge in [-0.1, -0.05) is 0 Å². The standard InChI is InChI=1S/C9H16N2O3/c1-7(2)14-6-5-11-4-3-8(12)10-9(11)13/h7H,3-6H2,1-2H3,(H,10,12,13). The SMILES string of the molecule is CC(C)OCCN1CCC(=O)NC1=O. The van der Waals surface area contributed by atoms with Crippen LogP contribution in [0.5, 0.6) is 0 Å². The van der Waals surface area contributed by atoms with Crippen molar-refractivity contribution in [2.45, 2.75) is 26.4 Å². The second-order valence-corrected chi connectivity index (χ2v) is 3.51. The lowest BCUT2D eigenvalue weighted by molar-refractivity contribution is -0.121. The number of hydrogen-bond donors (Lipinski definition) is 1. The maximum absolute atomic E-state index is 11.2. The largest absolute Gasteiger partial charge is 0.377 e. The van der Waals surface area contributed by atoms with Crippen LogP contribution in [0.3, 0.4) is 0 Å². The van der Waals surface area contributed by atoms with Gasteiger partial charge in [-0.15, -0.1) is 0 Å². The van der Waals surface area contributed by atoms with E-state index in [9.17, 15) is 9.59 Å². The highest BCUT2D eigenvalue weighted by Crippen LogP contribution is 2.00. The van der Waals surface area contributed by atoms with Gasteiger partial charge in [-0.05, 0) is 13.8 Å². The third kappa shape index (κ3) is 3.33. The van der Waals surface area contributed by atoms with Crippen molar-refractivity contribution in [2.24, 2.45) is 0 Å². The maximum Gasteiger partial charge on any atom is 0.324 e. The number of rotatable bonds is 4. The van der Waals surface area contributed by atoms with E-state index >= 15 is 0 Å². The summed E-state index contributed by atoms with van der Waals surface area (Å²) >= 11 is 0. The first-order valence-corrected chi connectivity index (χ1v) is 4.80. The summed E-state index contributed by atoms with van der Waals surface area (Å²) in [5, 5.41) is 2.26. The summed E-state index contributed by atoms with van der Waals surface area (Å²) in [7, 11) is 0. The zero-order valence-corrected chi connectivity index (χ0v) is 8.58. The second kappa shape index (κ2) is 4.95. The van der Waals surface area contributed by atoms with E-state index in [4.69, 9.17) is 4.74 Å². The third-order valence-electron chi connectivity index (χ3n) is 1.95. The Morgan fingerprint density at radius 2 is 2.21 bits per heavy atom. The summed E-state index contributed by atoms with van der Waals surface area (Å²) in [4.78, 5) is 23.6. The lowest BCUT2D eigenvalue weighted by atomic mass is 10.3. The molecule has 0 saturated carbocycles. The van der Waals surface area contributed by atoms with Crippen LogP contribution >= 0.6 is 0 Å². The number of hydrogen-bond acceptors (Lipinski definition) is 3. The first-order valence-electron chi connectivity index (χ1n) is 4.80. The first-order chi connectivity index (χ1) is 6.59. The third-order valence-corrected chi connectivity index (χ3v) is 1.95. The van der Waals surface area contributed by atoms with E-state index in [0.29, 0.717) is 26.1 Å². The molecule has 1 saturated heterocycles. The molecule has 0 aliphatic carbocycles. The van der Waals surface area contributed by atoms with E-state index in [1.807, 2.05) is 13.8 Å². The number of carbonyl (C=O) groups is 2. The molecule has 0 unspecified atom stereocenters. The zero-order valence-electron chi connectivity index (χ0n) is 8.58. The second-order valence-electron chi connectivity index (χ2n) is 3.51. The molecule has 1 aliphatic heterocycles. The summed E-state index contributed by atoms with van der Waals surface area (Å²) in [6.45, 7) is 5.43. The molecule has 0 atom stereocenters. The van der Waals surface area contributed by atoms with Crippen LogP contribution in [-0.2, 0) is 9.53 Å². The molecule has 1 N–H and O–H groups in total. The Balaban J connectivity index is 2.24. The molecule has 14 heavy (non-hydrogen) atoms. The highest BCUT2D eigenvalue weighted by molar-refractivity contribution is 5.96. The Hall–Kier alpha value is -1.10. The molecule has 1 rings (SSSR count). The average molecular weight is 200 g/mol. The molecule has 0 aromatic carbocycles. The first kappa shape index (κ1) is 11.0. The summed E-state index contributed by atoms with van der Waals surface area (Å²) in [6.07, 6.45) is 0.553. The summed E-state index contributed by atoms with van der Waals surface area (Å²) < 4.78 is 5.31. The van der Waals surface area contributed by atoms with Crippen LogP contribution < -0.4 is 5.32 Å². The fourth-order valence-electron chi connectivity index (χ4n) is 1.21. The normalized spacial score (nSPS) is 17.5. The van der Waals surface area contributed by atoms with Crippen molar-refractivity contribution in [2.75, 3.05) is 19.7 Å². The van der Waals surface area contributed by atoms with Crippen molar-refractivity contribution in [3.63, 3.8) is 0 Å². The van der Waals surface area contributed by atoms with E-state index in [0.717, 1.165) is 0 Å². The predicted octanol–water partition coefficient (Wildman–Crippen LogP) is 0.353. The molecule has 80 valence electrons. The minimum absolute atomic E-state index is 0.171. The van der Waals surface area contributed by atoms with Crippen LogP contribution in [0.25, 0.3) is 0 Å². The van der Waals surface area contributed by atoms with Gasteiger partial charge in [0.15, 0.2) is 0 Å². The molecular formula is C9H16N2O3. The number of imide groups is 1. The van der Waals surface area contributed by atoms with Crippen LogP contribution in [0.4, 0.5) is 4.79 Å². The van der Waals surface area contributed by atoms with Crippen LogP contribution in [0.2, 0.25) is 0 Å². The van der Waals surface area contributed by atoms with Gasteiger partial charge in [0.2, 0.25) is 5.91 Å². The minimum Gasteiger partial charge on any atom is -0.377 e. The maximum atomic E-state index is 11.2. The van der Waals surface area contributed by atoms with Gasteiger partial charge in [-0.3, -0.25) is 10.1 Å². The minimum atomic E-state index is -0.311. The Morgan fingerprint density at radius 1 is 1.50 bits per heavy atom. The van der Waals surface area contributed by atoms with E-state index in [1.54, 1.807) is 4.90 Å². The monoisotopic (exact) mass is 200 g/mol. The van der Waals surface area contributed by atoms with Gasteiger partial charge < -0.3 is 9.64 Å². The van der Waals surface area contributed by atoms with Gasteiger partial charge in [-0.25, -0.2) is 4.79 Å². The molecule has 3 amide bonds. The number of carbonyl (C=O) groups excluding carboxylic acids is 2. The van der Waals surface area contributed by atoms with Crippen molar-refractivity contribution < 1.29 is 14.3 Å². The zero-order chi connectivity index (χ0) is 10.6. The van der Waals surface area contributed by atoms with Crippen molar-refractivity contribution in [1.29, 1.82) is 0 Å². The topological polar surface area (TPSA) is 58.6 Å². The summed E-state index contributed by atoms with van der Waals surface area (Å²) in [5.41, 5.74) is 0. The molecule has 1 aliphatic rings. The van der Waals surface area contributed by atoms with E-state index in [2.05, 4.69) is 5.32 Å². The predicted molar refractivity (Wildman–Crippen MR) is 50.8 cm³/mol. The Bertz CT molecular complexity index is 228. The summed E-state index contributed by atoms with van der Waals surface area (Å²) in [5.74, 6) is -0.198. The fraction of sp³-hybridized carbons (Fsp3) is 0.778. The van der Waals surface area contributed by atoms with Crippen molar-refractivity contribution in [3.05, 3.63) is 0 Å². The van der Waals surface area contributed by atoms with E-state index < -0.39 is 0 Å². The van der Waals surface area contributed by atoms with Crippen LogP contribution in [-0.4, -0.2) is 42.6 Å². The Kier molecular flexibility index (Phi) is 3.88. The molecule has 0 aromatic heterocycles. The lowest BCUT2D eigenvalue weighted by Gasteiger charge is -2.26. The van der Waals surface area contributed by atoms with Crippen molar-refractivity contribution in [3.8, 4) is 0 Å². The molecular weight excluding hydrogens is 184 g/mol. The molecule has 0 aromatic rings. The van der Waals surface area contributed by atoms with Gasteiger partial charge >= 0.3 is 6.03 Å². The molecule has 1 fully saturated rings. The number of urea groups is 1. The molecule has 5 heteroatoms. The molecule has 0 bridgehead atoms. The van der Waals surface area contributed by atoms with Gasteiger partial charge in [0.05, 0.1) is 12.7 Å². The van der Waals surface area contributed by atoms with Crippen LogP contribution in [0.1, 0.15) is 20.3 Å². The van der Waals surface area contributed by atoms with Crippen molar-refractivity contribution >= 4 is 11.9 Å². The van der Waals surface area contributed by atoms with E-state index in [1.165, 1.54) is 0 Å². The van der Waals surface area contributed by atoms with E-state index in [-0.39, 0.29) is 18.0 Å². The van der Waals surface area contributed by atoms with Gasteiger partial charge in [0, 0.05) is 19.5 Å². The molecule has 0 spiro atoms. The highest BCUT2D eigenvalue weighted by atomic mass is 16.5. The van der Waals surface area contributed by atoms with Crippen molar-refractivity contribution in [1.82, 2.24) is 10.2 Å². The average Bonchev–Trinajstić information content (AvgIpc) is 2.08. The summed E-state index contributed by atoms with van der Waals surface area (Å²) in [6, 6.07) is -0.311. The molecule has 0 radical (unpaired) electrons. The Labute approximate surface area is 83.4 Å². The molecule has 5 nitrogen and oxygen atoms in total. The number of amides is 3. The van der Waals surface area contributed by atoms with Crippen LogP contribution in [0.15, 0.2) is 0 Å². The lowest BCUT2D eigenvalue weighted by Crippen LogP contribution is -2.50. The highest BCUT2D eigenvalue weighted by Gasteiger charge is 2.22. The number of nitrogens with zero attached hydrogens (tertiary/aromatic N) is 1. The Morgan fingerprint density at radius 3 is 2.79 bits per heavy atom.